The summed E-state index contributed by atoms with van der Waals surface area (Å²) in [5.74, 6) is -0.305. The van der Waals surface area contributed by atoms with E-state index in [2.05, 4.69) is 39.2 Å². The quantitative estimate of drug-likeness (QED) is 0.623. The van der Waals surface area contributed by atoms with E-state index in [-0.39, 0.29) is 24.7 Å². The minimum atomic E-state index is -4.41. The molecule has 3 unspecified atom stereocenters. The second kappa shape index (κ2) is 8.68. The Kier molecular flexibility index (Phi) is 5.72. The molecule has 1 saturated heterocycles. The summed E-state index contributed by atoms with van der Waals surface area (Å²) in [4.78, 5) is 14.8. The SMILES string of the molecule is O=C(NCc1cccc(C(F)(F)F)c1)C1CC(N2CCn3cccc3C2c2ccccc2)O1. The normalized spacial score (nSPS) is 22.9. The number of amides is 1. The molecule has 2 aliphatic rings. The molecule has 0 spiro atoms. The van der Waals surface area contributed by atoms with E-state index >= 15 is 0 Å². The number of fused-ring (bicyclic) bond motifs is 1. The Morgan fingerprint density at radius 3 is 2.58 bits per heavy atom. The number of carbonyl (C=O) groups is 1. The Bertz CT molecular complexity index is 1120. The van der Waals surface area contributed by atoms with Crippen LogP contribution >= 0.6 is 0 Å². The summed E-state index contributed by atoms with van der Waals surface area (Å²) in [5, 5.41) is 2.70. The van der Waals surface area contributed by atoms with Gasteiger partial charge in [-0.25, -0.2) is 0 Å². The Labute approximate surface area is 189 Å². The summed E-state index contributed by atoms with van der Waals surface area (Å²) in [6.07, 6.45) is -2.59. The predicted octanol–water partition coefficient (Wildman–Crippen LogP) is 4.34. The highest BCUT2D eigenvalue weighted by molar-refractivity contribution is 5.81. The van der Waals surface area contributed by atoms with Gasteiger partial charge in [0.2, 0.25) is 5.91 Å². The fourth-order valence-corrected chi connectivity index (χ4v) is 4.61. The monoisotopic (exact) mass is 455 g/mol. The number of rotatable bonds is 5. The summed E-state index contributed by atoms with van der Waals surface area (Å²) in [6, 6.07) is 19.4. The van der Waals surface area contributed by atoms with Crippen LogP contribution in [0.5, 0.6) is 0 Å². The molecular formula is C25H24F3N3O2. The smallest absolute Gasteiger partial charge is 0.350 e. The lowest BCUT2D eigenvalue weighted by Crippen LogP contribution is -2.57. The lowest BCUT2D eigenvalue weighted by molar-refractivity contribution is -0.210. The summed E-state index contributed by atoms with van der Waals surface area (Å²) in [6.45, 7) is 1.67. The Balaban J connectivity index is 1.21. The second-order valence-corrected chi connectivity index (χ2v) is 8.41. The van der Waals surface area contributed by atoms with Crippen LogP contribution in [0.1, 0.15) is 34.8 Å². The molecule has 3 atom stereocenters. The topological polar surface area (TPSA) is 46.5 Å². The highest BCUT2D eigenvalue weighted by Gasteiger charge is 2.43. The molecule has 2 aliphatic heterocycles. The summed E-state index contributed by atoms with van der Waals surface area (Å²) >= 11 is 0. The van der Waals surface area contributed by atoms with Gasteiger partial charge in [-0.15, -0.1) is 0 Å². The molecule has 1 N–H and O–H groups in total. The highest BCUT2D eigenvalue weighted by atomic mass is 19.4. The van der Waals surface area contributed by atoms with Crippen molar-refractivity contribution >= 4 is 5.91 Å². The molecule has 1 aromatic heterocycles. The lowest BCUT2D eigenvalue weighted by Gasteiger charge is -2.47. The van der Waals surface area contributed by atoms with Crippen molar-refractivity contribution in [3.05, 3.63) is 95.3 Å². The first-order valence-electron chi connectivity index (χ1n) is 11.0. The van der Waals surface area contributed by atoms with Gasteiger partial charge in [-0.1, -0.05) is 42.5 Å². The van der Waals surface area contributed by atoms with Crippen LogP contribution in [0, 0.1) is 0 Å². The van der Waals surface area contributed by atoms with E-state index in [0.29, 0.717) is 12.0 Å². The number of hydrogen-bond donors (Lipinski definition) is 1. The van der Waals surface area contributed by atoms with Crippen molar-refractivity contribution in [2.45, 2.75) is 44.1 Å². The minimum Gasteiger partial charge on any atom is -0.350 e. The third-order valence-corrected chi connectivity index (χ3v) is 6.31. The van der Waals surface area contributed by atoms with Crippen LogP contribution in [-0.2, 0) is 28.8 Å². The third-order valence-electron chi connectivity index (χ3n) is 6.31. The lowest BCUT2D eigenvalue weighted by atomic mass is 9.97. The number of nitrogens with one attached hydrogen (secondary N) is 1. The first-order valence-corrected chi connectivity index (χ1v) is 11.0. The number of hydrogen-bond acceptors (Lipinski definition) is 3. The van der Waals surface area contributed by atoms with E-state index in [0.717, 1.165) is 30.8 Å². The van der Waals surface area contributed by atoms with Gasteiger partial charge in [0.05, 0.1) is 11.6 Å². The zero-order chi connectivity index (χ0) is 23.0. The van der Waals surface area contributed by atoms with Crippen LogP contribution < -0.4 is 5.32 Å². The Morgan fingerprint density at radius 2 is 1.82 bits per heavy atom. The van der Waals surface area contributed by atoms with Gasteiger partial charge in [-0.05, 0) is 35.4 Å². The van der Waals surface area contributed by atoms with Crippen molar-refractivity contribution in [1.82, 2.24) is 14.8 Å². The van der Waals surface area contributed by atoms with Crippen molar-refractivity contribution in [1.29, 1.82) is 0 Å². The molecule has 3 aromatic rings. The number of carbonyl (C=O) groups excluding carboxylic acids is 1. The highest BCUT2D eigenvalue weighted by Crippen LogP contribution is 2.38. The van der Waals surface area contributed by atoms with E-state index in [4.69, 9.17) is 4.74 Å². The maximum absolute atomic E-state index is 12.9. The number of aromatic nitrogens is 1. The first kappa shape index (κ1) is 21.7. The summed E-state index contributed by atoms with van der Waals surface area (Å²) in [5.41, 5.74) is 2.03. The molecule has 0 saturated carbocycles. The third kappa shape index (κ3) is 4.41. The maximum atomic E-state index is 12.9. The molecule has 33 heavy (non-hydrogen) atoms. The van der Waals surface area contributed by atoms with Crippen LogP contribution in [0.25, 0.3) is 0 Å². The zero-order valence-corrected chi connectivity index (χ0v) is 17.8. The van der Waals surface area contributed by atoms with E-state index in [1.54, 1.807) is 6.07 Å². The van der Waals surface area contributed by atoms with Crippen LogP contribution in [0.3, 0.4) is 0 Å². The van der Waals surface area contributed by atoms with Gasteiger partial charge >= 0.3 is 6.18 Å². The van der Waals surface area contributed by atoms with Crippen molar-refractivity contribution in [3.8, 4) is 0 Å². The molecule has 2 aromatic carbocycles. The van der Waals surface area contributed by atoms with Crippen molar-refractivity contribution < 1.29 is 22.7 Å². The molecular weight excluding hydrogens is 431 g/mol. The number of halogens is 3. The van der Waals surface area contributed by atoms with E-state index in [1.165, 1.54) is 11.8 Å². The zero-order valence-electron chi connectivity index (χ0n) is 17.8. The molecule has 0 aliphatic carbocycles. The van der Waals surface area contributed by atoms with Crippen LogP contribution in [0.4, 0.5) is 13.2 Å². The number of alkyl halides is 3. The second-order valence-electron chi connectivity index (χ2n) is 8.41. The number of benzene rings is 2. The van der Waals surface area contributed by atoms with Gasteiger partial charge in [-0.3, -0.25) is 9.69 Å². The first-order chi connectivity index (χ1) is 15.9. The minimum absolute atomic E-state index is 0.0250. The van der Waals surface area contributed by atoms with Gasteiger partial charge in [0.25, 0.3) is 0 Å². The molecule has 1 fully saturated rings. The molecule has 0 radical (unpaired) electrons. The van der Waals surface area contributed by atoms with Gasteiger partial charge in [0, 0.05) is 37.9 Å². The molecule has 1 amide bonds. The Hall–Kier alpha value is -3.10. The fraction of sp³-hybridized carbons (Fsp3) is 0.320. The van der Waals surface area contributed by atoms with Crippen LogP contribution in [-0.4, -0.2) is 34.3 Å². The van der Waals surface area contributed by atoms with Crippen LogP contribution in [0.15, 0.2) is 72.9 Å². The molecule has 172 valence electrons. The predicted molar refractivity (Wildman–Crippen MR) is 116 cm³/mol. The molecule has 3 heterocycles. The van der Waals surface area contributed by atoms with Crippen LogP contribution in [0.2, 0.25) is 0 Å². The van der Waals surface area contributed by atoms with Gasteiger partial charge in [0.15, 0.2) is 0 Å². The molecule has 5 nitrogen and oxygen atoms in total. The van der Waals surface area contributed by atoms with Crippen molar-refractivity contribution in [2.75, 3.05) is 6.54 Å². The average molecular weight is 455 g/mol. The summed E-state index contributed by atoms with van der Waals surface area (Å²) < 4.78 is 46.9. The maximum Gasteiger partial charge on any atom is 0.416 e. The standard InChI is InChI=1S/C25H24F3N3O2/c26-25(27,28)19-9-4-6-17(14-19)16-29-24(32)21-15-22(33-21)31-13-12-30-11-5-10-20(30)23(31)18-7-2-1-3-8-18/h1-11,14,21-23H,12-13,15-16H2,(H,29,32). The van der Waals surface area contributed by atoms with E-state index < -0.39 is 17.8 Å². The molecule has 0 bridgehead atoms. The summed E-state index contributed by atoms with van der Waals surface area (Å²) in [7, 11) is 0. The molecule has 8 heteroatoms. The van der Waals surface area contributed by atoms with E-state index in [9.17, 15) is 18.0 Å². The fourth-order valence-electron chi connectivity index (χ4n) is 4.61. The van der Waals surface area contributed by atoms with Gasteiger partial charge < -0.3 is 14.6 Å². The number of ether oxygens (including phenoxy) is 1. The molecule has 5 rings (SSSR count). The van der Waals surface area contributed by atoms with Crippen molar-refractivity contribution in [3.63, 3.8) is 0 Å². The van der Waals surface area contributed by atoms with Gasteiger partial charge in [-0.2, -0.15) is 13.2 Å². The Morgan fingerprint density at radius 1 is 1.03 bits per heavy atom. The van der Waals surface area contributed by atoms with E-state index in [1.807, 2.05) is 24.3 Å². The van der Waals surface area contributed by atoms with Gasteiger partial charge in [0.1, 0.15) is 12.3 Å². The number of nitrogens with zero attached hydrogens (tertiary/aromatic N) is 2. The van der Waals surface area contributed by atoms with Crippen molar-refractivity contribution in [2.24, 2.45) is 0 Å². The average Bonchev–Trinajstić information content (AvgIpc) is 3.25. The largest absolute Gasteiger partial charge is 0.416 e.